The highest BCUT2D eigenvalue weighted by atomic mass is 35.5. The third kappa shape index (κ3) is 1.94. The zero-order valence-corrected chi connectivity index (χ0v) is 10.2. The maximum atomic E-state index is 6.01. The third-order valence-electron chi connectivity index (χ3n) is 2.63. The molecule has 0 saturated heterocycles. The predicted octanol–water partition coefficient (Wildman–Crippen LogP) is 3.27. The Hall–Kier alpha value is -1.03. The first-order chi connectivity index (χ1) is 7.63. The monoisotopic (exact) mass is 238 g/mol. The highest BCUT2D eigenvalue weighted by molar-refractivity contribution is 6.31. The first kappa shape index (κ1) is 11.5. The van der Waals surface area contributed by atoms with Crippen molar-refractivity contribution in [3.05, 3.63) is 35.0 Å². The van der Waals surface area contributed by atoms with Crippen LogP contribution in [0.2, 0.25) is 5.02 Å². The van der Waals surface area contributed by atoms with Gasteiger partial charge in [0.1, 0.15) is 6.61 Å². The van der Waals surface area contributed by atoms with Gasteiger partial charge in [0, 0.05) is 22.1 Å². The maximum Gasteiger partial charge on any atom is 0.108 e. The fourth-order valence-corrected chi connectivity index (χ4v) is 2.22. The van der Waals surface area contributed by atoms with Crippen LogP contribution in [0.4, 0.5) is 0 Å². The van der Waals surface area contributed by atoms with Gasteiger partial charge in [-0.3, -0.25) is 4.84 Å². The number of nitrogens with two attached hydrogens (primary N) is 1. The van der Waals surface area contributed by atoms with E-state index in [1.807, 2.05) is 18.2 Å². The Bertz CT molecular complexity index is 505. The lowest BCUT2D eigenvalue weighted by atomic mass is 10.2. The Kier molecular flexibility index (Phi) is 3.19. The summed E-state index contributed by atoms with van der Waals surface area (Å²) >= 11 is 6.01. The maximum absolute atomic E-state index is 6.01. The summed E-state index contributed by atoms with van der Waals surface area (Å²) in [6.45, 7) is 4.66. The second-order valence-corrected chi connectivity index (χ2v) is 4.55. The number of aromatic nitrogens is 1. The average molecular weight is 239 g/mol. The van der Waals surface area contributed by atoms with Gasteiger partial charge in [-0.25, -0.2) is 5.90 Å². The van der Waals surface area contributed by atoms with E-state index in [1.54, 1.807) is 0 Å². The summed E-state index contributed by atoms with van der Waals surface area (Å²) < 4.78 is 2.19. The van der Waals surface area contributed by atoms with Crippen LogP contribution in [0.15, 0.2) is 24.3 Å². The van der Waals surface area contributed by atoms with Crippen molar-refractivity contribution >= 4 is 22.5 Å². The van der Waals surface area contributed by atoms with E-state index in [1.165, 1.54) is 0 Å². The first-order valence-electron chi connectivity index (χ1n) is 5.24. The van der Waals surface area contributed by atoms with Gasteiger partial charge in [-0.1, -0.05) is 17.7 Å². The van der Waals surface area contributed by atoms with Crippen LogP contribution in [0.25, 0.3) is 10.9 Å². The Labute approximate surface area is 99.7 Å². The number of rotatable bonds is 3. The Morgan fingerprint density at radius 1 is 1.38 bits per heavy atom. The van der Waals surface area contributed by atoms with Crippen LogP contribution in [0.1, 0.15) is 25.6 Å². The normalized spacial score (nSPS) is 11.6. The second-order valence-electron chi connectivity index (χ2n) is 4.11. The molecule has 0 unspecified atom stereocenters. The lowest BCUT2D eigenvalue weighted by Gasteiger charge is -2.14. The lowest BCUT2D eigenvalue weighted by molar-refractivity contribution is 0.118. The van der Waals surface area contributed by atoms with Crippen LogP contribution in [-0.4, -0.2) is 4.57 Å². The number of halogens is 1. The second kappa shape index (κ2) is 4.45. The van der Waals surface area contributed by atoms with Crippen molar-refractivity contribution < 1.29 is 4.84 Å². The Morgan fingerprint density at radius 3 is 2.75 bits per heavy atom. The van der Waals surface area contributed by atoms with Crippen LogP contribution in [0, 0.1) is 0 Å². The van der Waals surface area contributed by atoms with Gasteiger partial charge in [-0.05, 0) is 32.0 Å². The van der Waals surface area contributed by atoms with E-state index < -0.39 is 0 Å². The summed E-state index contributed by atoms with van der Waals surface area (Å²) in [6.07, 6.45) is 0. The first-order valence-corrected chi connectivity index (χ1v) is 5.62. The van der Waals surface area contributed by atoms with Gasteiger partial charge in [-0.2, -0.15) is 0 Å². The lowest BCUT2D eigenvalue weighted by Crippen LogP contribution is -2.08. The van der Waals surface area contributed by atoms with Crippen molar-refractivity contribution in [2.75, 3.05) is 0 Å². The van der Waals surface area contributed by atoms with E-state index in [0.717, 1.165) is 21.6 Å². The minimum absolute atomic E-state index is 0.348. The molecule has 2 rings (SSSR count). The van der Waals surface area contributed by atoms with E-state index in [-0.39, 0.29) is 0 Å². The molecule has 0 fully saturated rings. The molecule has 1 aromatic carbocycles. The molecule has 0 bridgehead atoms. The van der Waals surface area contributed by atoms with Crippen molar-refractivity contribution in [2.24, 2.45) is 5.90 Å². The minimum Gasteiger partial charge on any atom is -0.340 e. The number of hydrogen-bond donors (Lipinski definition) is 1. The minimum atomic E-state index is 0.348. The molecule has 0 saturated carbocycles. The molecule has 3 nitrogen and oxygen atoms in total. The van der Waals surface area contributed by atoms with Crippen molar-refractivity contribution in [3.8, 4) is 0 Å². The molecule has 16 heavy (non-hydrogen) atoms. The van der Waals surface area contributed by atoms with Crippen LogP contribution < -0.4 is 5.90 Å². The number of hydrogen-bond acceptors (Lipinski definition) is 2. The molecule has 0 aliphatic carbocycles. The van der Waals surface area contributed by atoms with Crippen LogP contribution in [0.3, 0.4) is 0 Å². The summed E-state index contributed by atoms with van der Waals surface area (Å²) in [7, 11) is 0. The molecule has 0 aliphatic rings. The molecule has 0 spiro atoms. The van der Waals surface area contributed by atoms with Gasteiger partial charge in [0.2, 0.25) is 0 Å². The number of nitrogens with zero attached hydrogens (tertiary/aromatic N) is 1. The average Bonchev–Trinajstić information content (AvgIpc) is 2.55. The van der Waals surface area contributed by atoms with E-state index in [4.69, 9.17) is 22.3 Å². The molecule has 0 amide bonds. The van der Waals surface area contributed by atoms with Crippen molar-refractivity contribution in [1.82, 2.24) is 4.57 Å². The van der Waals surface area contributed by atoms with Gasteiger partial charge in [0.05, 0.1) is 5.52 Å². The molecular formula is C12H15ClN2O. The fraction of sp³-hybridized carbons (Fsp3) is 0.333. The predicted molar refractivity (Wildman–Crippen MR) is 66.3 cm³/mol. The standard InChI is InChI=1S/C12H15ClN2O/c1-8(2)15-11(7-16-14)5-9-3-4-10(13)6-12(9)15/h3-6,8H,7,14H2,1-2H3. The van der Waals surface area contributed by atoms with E-state index >= 15 is 0 Å². The van der Waals surface area contributed by atoms with Gasteiger partial charge >= 0.3 is 0 Å². The van der Waals surface area contributed by atoms with Crippen LogP contribution >= 0.6 is 11.6 Å². The molecule has 1 heterocycles. The van der Waals surface area contributed by atoms with Gasteiger partial charge in [-0.15, -0.1) is 0 Å². The zero-order chi connectivity index (χ0) is 11.7. The molecule has 2 N–H and O–H groups in total. The summed E-state index contributed by atoms with van der Waals surface area (Å²) in [5, 5.41) is 1.90. The summed E-state index contributed by atoms with van der Waals surface area (Å²) in [5.41, 5.74) is 2.18. The highest BCUT2D eigenvalue weighted by Crippen LogP contribution is 2.27. The SMILES string of the molecule is CC(C)n1c(CON)cc2ccc(Cl)cc21. The summed E-state index contributed by atoms with van der Waals surface area (Å²) in [5.74, 6) is 5.14. The number of fused-ring (bicyclic) bond motifs is 1. The molecule has 0 radical (unpaired) electrons. The largest absolute Gasteiger partial charge is 0.340 e. The van der Waals surface area contributed by atoms with Crippen molar-refractivity contribution in [1.29, 1.82) is 0 Å². The molecule has 86 valence electrons. The molecule has 1 aromatic heterocycles. The molecule has 0 atom stereocenters. The zero-order valence-electron chi connectivity index (χ0n) is 9.40. The van der Waals surface area contributed by atoms with Crippen molar-refractivity contribution in [3.63, 3.8) is 0 Å². The van der Waals surface area contributed by atoms with Gasteiger partial charge in [0.25, 0.3) is 0 Å². The van der Waals surface area contributed by atoms with Gasteiger partial charge in [0.15, 0.2) is 0 Å². The molecule has 2 aromatic rings. The topological polar surface area (TPSA) is 40.2 Å². The third-order valence-corrected chi connectivity index (χ3v) is 2.87. The van der Waals surface area contributed by atoms with Crippen LogP contribution in [0.5, 0.6) is 0 Å². The van der Waals surface area contributed by atoms with Crippen LogP contribution in [-0.2, 0) is 11.4 Å². The highest BCUT2D eigenvalue weighted by Gasteiger charge is 2.11. The van der Waals surface area contributed by atoms with E-state index in [2.05, 4.69) is 24.5 Å². The summed E-state index contributed by atoms with van der Waals surface area (Å²) in [6, 6.07) is 8.30. The van der Waals surface area contributed by atoms with E-state index in [9.17, 15) is 0 Å². The summed E-state index contributed by atoms with van der Waals surface area (Å²) in [4.78, 5) is 4.72. The molecule has 0 aliphatic heterocycles. The Morgan fingerprint density at radius 2 is 2.12 bits per heavy atom. The van der Waals surface area contributed by atoms with Crippen molar-refractivity contribution in [2.45, 2.75) is 26.5 Å². The molecule has 4 heteroatoms. The Balaban J connectivity index is 2.67. The molecular weight excluding hydrogens is 224 g/mol. The fourth-order valence-electron chi connectivity index (χ4n) is 2.06. The smallest absolute Gasteiger partial charge is 0.108 e. The quantitative estimate of drug-likeness (QED) is 0.834. The van der Waals surface area contributed by atoms with Gasteiger partial charge < -0.3 is 4.57 Å². The van der Waals surface area contributed by atoms with E-state index in [0.29, 0.717) is 12.6 Å². The number of benzene rings is 1.